The predicted molar refractivity (Wildman–Crippen MR) is 86.1 cm³/mol. The van der Waals surface area contributed by atoms with Crippen LogP contribution in [0.3, 0.4) is 0 Å². The summed E-state index contributed by atoms with van der Waals surface area (Å²) in [6.45, 7) is 0.815. The van der Waals surface area contributed by atoms with Crippen LogP contribution in [0.15, 0.2) is 36.5 Å². The zero-order valence-corrected chi connectivity index (χ0v) is 13.0. The first-order valence-corrected chi connectivity index (χ1v) is 6.96. The molecule has 0 unspecified atom stereocenters. The predicted octanol–water partition coefficient (Wildman–Crippen LogP) is 2.71. The lowest BCUT2D eigenvalue weighted by Crippen LogP contribution is -2.08. The lowest BCUT2D eigenvalue weighted by atomic mass is 10.0. The van der Waals surface area contributed by atoms with Gasteiger partial charge in [0.25, 0.3) is 0 Å². The van der Waals surface area contributed by atoms with Crippen molar-refractivity contribution in [3.8, 4) is 23.1 Å². The number of anilines is 1. The van der Waals surface area contributed by atoms with E-state index in [1.165, 1.54) is 0 Å². The molecule has 0 aliphatic heterocycles. The molecule has 0 bridgehead atoms. The highest BCUT2D eigenvalue weighted by atomic mass is 16.5. The summed E-state index contributed by atoms with van der Waals surface area (Å²) in [4.78, 5) is 6.17. The van der Waals surface area contributed by atoms with Crippen molar-refractivity contribution in [3.63, 3.8) is 0 Å². The number of benzene rings is 1. The SMILES string of the molecule is COCCOc1nccc(-c2ccc(N(C)C)cc2)c1C#N. The first kappa shape index (κ1) is 15.8. The molecule has 1 aromatic carbocycles. The molecule has 2 aromatic rings. The summed E-state index contributed by atoms with van der Waals surface area (Å²) in [7, 11) is 5.58. The number of methoxy groups -OCH3 is 1. The van der Waals surface area contributed by atoms with Gasteiger partial charge in [-0.1, -0.05) is 12.1 Å². The Labute approximate surface area is 130 Å². The van der Waals surface area contributed by atoms with E-state index in [2.05, 4.69) is 11.1 Å². The van der Waals surface area contributed by atoms with Crippen LogP contribution < -0.4 is 9.64 Å². The molecule has 1 aromatic heterocycles. The second-order valence-electron chi connectivity index (χ2n) is 4.93. The molecule has 22 heavy (non-hydrogen) atoms. The normalized spacial score (nSPS) is 10.1. The maximum Gasteiger partial charge on any atom is 0.232 e. The summed E-state index contributed by atoms with van der Waals surface area (Å²) in [5, 5.41) is 9.45. The minimum absolute atomic E-state index is 0.341. The fraction of sp³-hybridized carbons (Fsp3) is 0.294. The zero-order chi connectivity index (χ0) is 15.9. The van der Waals surface area contributed by atoms with Gasteiger partial charge >= 0.3 is 0 Å². The quantitative estimate of drug-likeness (QED) is 0.767. The molecule has 114 valence electrons. The molecule has 0 aliphatic rings. The lowest BCUT2D eigenvalue weighted by molar-refractivity contribution is 0.143. The van der Waals surface area contributed by atoms with Crippen LogP contribution in [0.5, 0.6) is 5.88 Å². The molecule has 5 heteroatoms. The van der Waals surface area contributed by atoms with Crippen LogP contribution in [0, 0.1) is 11.3 Å². The first-order valence-electron chi connectivity index (χ1n) is 6.96. The van der Waals surface area contributed by atoms with E-state index in [0.717, 1.165) is 16.8 Å². The minimum Gasteiger partial charge on any atom is -0.474 e. The van der Waals surface area contributed by atoms with Crippen molar-refractivity contribution in [2.24, 2.45) is 0 Å². The van der Waals surface area contributed by atoms with Gasteiger partial charge in [-0.25, -0.2) is 4.98 Å². The maximum atomic E-state index is 9.45. The number of aromatic nitrogens is 1. The molecule has 2 rings (SSSR count). The standard InChI is InChI=1S/C17H19N3O2/c1-20(2)14-6-4-13(5-7-14)15-8-9-19-17(16(15)12-18)22-11-10-21-3/h4-9H,10-11H2,1-3H3. The molecular formula is C17H19N3O2. The van der Waals surface area contributed by atoms with Gasteiger partial charge in [0.1, 0.15) is 18.2 Å². The Hall–Kier alpha value is -2.58. The van der Waals surface area contributed by atoms with Gasteiger partial charge < -0.3 is 14.4 Å². The lowest BCUT2D eigenvalue weighted by Gasteiger charge is -2.14. The van der Waals surface area contributed by atoms with Gasteiger partial charge in [0.2, 0.25) is 5.88 Å². The van der Waals surface area contributed by atoms with Gasteiger partial charge in [-0.3, -0.25) is 0 Å². The fourth-order valence-electron chi connectivity index (χ4n) is 2.06. The third-order valence-electron chi connectivity index (χ3n) is 3.25. The third kappa shape index (κ3) is 3.54. The van der Waals surface area contributed by atoms with E-state index >= 15 is 0 Å². The molecule has 0 radical (unpaired) electrons. The number of rotatable bonds is 6. The van der Waals surface area contributed by atoms with E-state index in [4.69, 9.17) is 9.47 Å². The summed E-state index contributed by atoms with van der Waals surface area (Å²) < 4.78 is 10.5. The average Bonchev–Trinajstić information content (AvgIpc) is 2.55. The number of ether oxygens (including phenoxy) is 2. The highest BCUT2D eigenvalue weighted by Gasteiger charge is 2.12. The van der Waals surface area contributed by atoms with Gasteiger partial charge in [-0.2, -0.15) is 5.26 Å². The van der Waals surface area contributed by atoms with Gasteiger partial charge in [0, 0.05) is 38.7 Å². The van der Waals surface area contributed by atoms with Crippen LogP contribution in [-0.2, 0) is 4.74 Å². The highest BCUT2D eigenvalue weighted by molar-refractivity contribution is 5.73. The molecule has 1 heterocycles. The second kappa shape index (κ2) is 7.43. The molecule has 0 spiro atoms. The topological polar surface area (TPSA) is 58.4 Å². The van der Waals surface area contributed by atoms with Crippen molar-refractivity contribution in [3.05, 3.63) is 42.1 Å². The number of nitrogens with zero attached hydrogens (tertiary/aromatic N) is 3. The van der Waals surface area contributed by atoms with Gasteiger partial charge in [0.15, 0.2) is 0 Å². The smallest absolute Gasteiger partial charge is 0.232 e. The van der Waals surface area contributed by atoms with Crippen molar-refractivity contribution < 1.29 is 9.47 Å². The summed E-state index contributed by atoms with van der Waals surface area (Å²) in [6.07, 6.45) is 1.65. The van der Waals surface area contributed by atoms with Crippen LogP contribution in [0.2, 0.25) is 0 Å². The molecule has 0 atom stereocenters. The van der Waals surface area contributed by atoms with E-state index in [-0.39, 0.29) is 0 Å². The van der Waals surface area contributed by atoms with Crippen molar-refractivity contribution in [1.82, 2.24) is 4.98 Å². The highest BCUT2D eigenvalue weighted by Crippen LogP contribution is 2.29. The summed E-state index contributed by atoms with van der Waals surface area (Å²) in [5.41, 5.74) is 3.32. The summed E-state index contributed by atoms with van der Waals surface area (Å²) in [6, 6.07) is 12.0. The third-order valence-corrected chi connectivity index (χ3v) is 3.25. The van der Waals surface area contributed by atoms with Gasteiger partial charge in [-0.15, -0.1) is 0 Å². The number of hydrogen-bond acceptors (Lipinski definition) is 5. The van der Waals surface area contributed by atoms with Crippen molar-refractivity contribution in [1.29, 1.82) is 5.26 Å². The first-order chi connectivity index (χ1) is 10.7. The van der Waals surface area contributed by atoms with Crippen LogP contribution in [0.25, 0.3) is 11.1 Å². The van der Waals surface area contributed by atoms with Crippen molar-refractivity contribution >= 4 is 5.69 Å². The molecule has 0 saturated carbocycles. The van der Waals surface area contributed by atoms with E-state index in [9.17, 15) is 5.26 Å². The Kier molecular flexibility index (Phi) is 5.34. The molecule has 5 nitrogen and oxygen atoms in total. The summed E-state index contributed by atoms with van der Waals surface area (Å²) >= 11 is 0. The molecular weight excluding hydrogens is 278 g/mol. The van der Waals surface area contributed by atoms with Crippen LogP contribution >= 0.6 is 0 Å². The van der Waals surface area contributed by atoms with Crippen LogP contribution in [0.4, 0.5) is 5.69 Å². The zero-order valence-electron chi connectivity index (χ0n) is 13.0. The largest absolute Gasteiger partial charge is 0.474 e. The molecule has 0 fully saturated rings. The van der Waals surface area contributed by atoms with Crippen molar-refractivity contribution in [2.45, 2.75) is 0 Å². The fourth-order valence-corrected chi connectivity index (χ4v) is 2.06. The Balaban J connectivity index is 2.34. The van der Waals surface area contributed by atoms with E-state index in [1.54, 1.807) is 13.3 Å². The monoisotopic (exact) mass is 297 g/mol. The molecule has 0 saturated heterocycles. The number of nitriles is 1. The molecule has 0 amide bonds. The Morgan fingerprint density at radius 1 is 1.14 bits per heavy atom. The minimum atomic E-state index is 0.341. The number of hydrogen-bond donors (Lipinski definition) is 0. The Morgan fingerprint density at radius 2 is 1.86 bits per heavy atom. The second-order valence-corrected chi connectivity index (χ2v) is 4.93. The van der Waals surface area contributed by atoms with Gasteiger partial charge in [0.05, 0.1) is 6.61 Å². The van der Waals surface area contributed by atoms with Gasteiger partial charge in [-0.05, 0) is 23.8 Å². The average molecular weight is 297 g/mol. The van der Waals surface area contributed by atoms with E-state index in [1.807, 2.05) is 49.3 Å². The van der Waals surface area contributed by atoms with E-state index < -0.39 is 0 Å². The molecule has 0 aliphatic carbocycles. The number of pyridine rings is 1. The van der Waals surface area contributed by atoms with Crippen LogP contribution in [-0.4, -0.2) is 39.4 Å². The van der Waals surface area contributed by atoms with Crippen molar-refractivity contribution in [2.75, 3.05) is 39.3 Å². The maximum absolute atomic E-state index is 9.45. The Morgan fingerprint density at radius 3 is 2.45 bits per heavy atom. The summed E-state index contributed by atoms with van der Waals surface area (Å²) in [5.74, 6) is 0.341. The Bertz CT molecular complexity index is 661. The molecule has 0 N–H and O–H groups in total. The van der Waals surface area contributed by atoms with E-state index in [0.29, 0.717) is 24.7 Å². The van der Waals surface area contributed by atoms with Crippen LogP contribution in [0.1, 0.15) is 5.56 Å².